The molecule has 2 amide bonds. The zero-order valence-electron chi connectivity index (χ0n) is 25.4. The fourth-order valence-corrected chi connectivity index (χ4v) is 7.47. The molecule has 9 nitrogen and oxygen atoms in total. The average Bonchev–Trinajstić information content (AvgIpc) is 3.29. The summed E-state index contributed by atoms with van der Waals surface area (Å²) in [5.41, 5.74) is 4.53. The van der Waals surface area contributed by atoms with Crippen molar-refractivity contribution in [1.29, 1.82) is 0 Å². The van der Waals surface area contributed by atoms with Gasteiger partial charge in [-0.2, -0.15) is 0 Å². The number of carbonyl (C=O) groups excluding carboxylic acids is 2. The number of amides is 2. The van der Waals surface area contributed by atoms with E-state index in [2.05, 4.69) is 13.0 Å². The standard InChI is InChI=1S/C34H37B2NO8/c1-3-20(15-21-12-13-29(38)26-10-5-4-9-25(21)26)11-14-30-31-22(19-44-2)16-27-32(28(31)18-35(41)45-30)34(40)37(33(27)39)24-8-6-7-23(17-24)36(42)43/h4-10,12-13,15,17,27-28,30,32,38,41-43H,3,11,14,16,18-19H2,1-2H3/b20-15+/t27-,28+,30-,32-/m1/s1. The van der Waals surface area contributed by atoms with Gasteiger partial charge in [-0.1, -0.05) is 61.0 Å². The molecule has 1 aliphatic carbocycles. The lowest BCUT2D eigenvalue weighted by Crippen LogP contribution is -2.46. The fraction of sp³-hybridized carbons (Fsp3) is 0.353. The lowest BCUT2D eigenvalue weighted by Gasteiger charge is -2.43. The van der Waals surface area contributed by atoms with Gasteiger partial charge in [-0.15, -0.1) is 0 Å². The number of imide groups is 1. The van der Waals surface area contributed by atoms with Crippen LogP contribution in [0.4, 0.5) is 5.69 Å². The molecule has 0 bridgehead atoms. The molecule has 0 aromatic heterocycles. The quantitative estimate of drug-likeness (QED) is 0.165. The first-order valence-electron chi connectivity index (χ1n) is 15.5. The second kappa shape index (κ2) is 12.9. The third kappa shape index (κ3) is 5.87. The number of hydrogen-bond acceptors (Lipinski definition) is 8. The molecule has 45 heavy (non-hydrogen) atoms. The maximum Gasteiger partial charge on any atom is 0.488 e. The van der Waals surface area contributed by atoms with Crippen LogP contribution in [-0.2, 0) is 19.0 Å². The minimum absolute atomic E-state index is 0.184. The molecule has 0 unspecified atom stereocenters. The number of nitrogens with zero attached hydrogens (tertiary/aromatic N) is 1. The highest BCUT2D eigenvalue weighted by Gasteiger charge is 2.57. The van der Waals surface area contributed by atoms with Crippen LogP contribution in [0, 0.1) is 17.8 Å². The van der Waals surface area contributed by atoms with Crippen LogP contribution in [0.5, 0.6) is 5.75 Å². The van der Waals surface area contributed by atoms with Crippen LogP contribution in [0.2, 0.25) is 6.32 Å². The SMILES string of the molecule is CC/C(=C\c1ccc(O)c2ccccc12)CC[C@H]1OB(O)C[C@H]2C1=C(COC)C[C@H]1C(=O)N(c3cccc(B(O)O)c3)C(=O)[C@H]12. The molecule has 232 valence electrons. The topological polar surface area (TPSA) is 137 Å². The van der Waals surface area contributed by atoms with Crippen molar-refractivity contribution in [3.63, 3.8) is 0 Å². The van der Waals surface area contributed by atoms with Gasteiger partial charge in [0.2, 0.25) is 11.8 Å². The van der Waals surface area contributed by atoms with Crippen LogP contribution >= 0.6 is 0 Å². The van der Waals surface area contributed by atoms with E-state index < -0.39 is 38.1 Å². The van der Waals surface area contributed by atoms with Crippen molar-refractivity contribution in [2.75, 3.05) is 18.6 Å². The maximum atomic E-state index is 14.0. The summed E-state index contributed by atoms with van der Waals surface area (Å²) >= 11 is 0. The lowest BCUT2D eigenvalue weighted by atomic mass is 9.58. The van der Waals surface area contributed by atoms with Gasteiger partial charge in [-0.25, -0.2) is 0 Å². The molecular weight excluding hydrogens is 572 g/mol. The molecule has 11 heteroatoms. The minimum Gasteiger partial charge on any atom is -0.507 e. The molecule has 3 aromatic carbocycles. The summed E-state index contributed by atoms with van der Waals surface area (Å²) in [5, 5.41) is 42.3. The molecule has 6 rings (SSSR count). The fourth-order valence-electron chi connectivity index (χ4n) is 7.47. The number of hydrogen-bond donors (Lipinski definition) is 4. The van der Waals surface area contributed by atoms with Crippen molar-refractivity contribution >= 4 is 54.0 Å². The van der Waals surface area contributed by atoms with Crippen LogP contribution in [0.3, 0.4) is 0 Å². The molecule has 0 radical (unpaired) electrons. The third-order valence-electron chi connectivity index (χ3n) is 9.53. The number of fused-ring (bicyclic) bond motifs is 4. The molecule has 3 aliphatic rings. The molecule has 3 aromatic rings. The minimum atomic E-state index is -1.73. The summed E-state index contributed by atoms with van der Waals surface area (Å²) in [6, 6.07) is 17.5. The van der Waals surface area contributed by atoms with E-state index in [0.29, 0.717) is 24.9 Å². The Balaban J connectivity index is 1.30. The second-order valence-electron chi connectivity index (χ2n) is 12.1. The van der Waals surface area contributed by atoms with E-state index in [1.54, 1.807) is 25.3 Å². The molecule has 0 saturated carbocycles. The number of carbonyl (C=O) groups is 2. The Hall–Kier alpha value is -3.73. The van der Waals surface area contributed by atoms with Crippen molar-refractivity contribution in [2.24, 2.45) is 17.8 Å². The van der Waals surface area contributed by atoms with Crippen LogP contribution in [-0.4, -0.2) is 66.1 Å². The number of aromatic hydroxyl groups is 1. The Labute approximate surface area is 263 Å². The van der Waals surface area contributed by atoms with E-state index in [1.165, 1.54) is 17.7 Å². The third-order valence-corrected chi connectivity index (χ3v) is 9.53. The predicted molar refractivity (Wildman–Crippen MR) is 174 cm³/mol. The van der Waals surface area contributed by atoms with Crippen molar-refractivity contribution in [3.05, 3.63) is 82.9 Å². The van der Waals surface area contributed by atoms with Crippen LogP contribution in [0.25, 0.3) is 16.8 Å². The monoisotopic (exact) mass is 609 g/mol. The molecule has 2 heterocycles. The van der Waals surface area contributed by atoms with Gasteiger partial charge >= 0.3 is 14.2 Å². The van der Waals surface area contributed by atoms with Gasteiger partial charge < -0.3 is 29.6 Å². The highest BCUT2D eigenvalue weighted by atomic mass is 16.5. The van der Waals surface area contributed by atoms with E-state index in [1.807, 2.05) is 30.3 Å². The maximum absolute atomic E-state index is 14.0. The molecule has 2 aliphatic heterocycles. The van der Waals surface area contributed by atoms with E-state index in [-0.39, 0.29) is 36.0 Å². The number of anilines is 1. The molecule has 2 saturated heterocycles. The Bertz CT molecular complexity index is 1690. The first-order valence-corrected chi connectivity index (χ1v) is 15.5. The Morgan fingerprint density at radius 2 is 1.84 bits per heavy atom. The first kappa shape index (κ1) is 31.3. The van der Waals surface area contributed by atoms with Crippen LogP contribution in [0.1, 0.15) is 38.2 Å². The molecule has 4 N–H and O–H groups in total. The summed E-state index contributed by atoms with van der Waals surface area (Å²) in [7, 11) is -1.23. The van der Waals surface area contributed by atoms with Gasteiger partial charge in [-0.3, -0.25) is 14.5 Å². The van der Waals surface area contributed by atoms with Gasteiger partial charge in [0, 0.05) is 12.5 Å². The summed E-state index contributed by atoms with van der Waals surface area (Å²) in [6.07, 6.45) is 4.29. The highest BCUT2D eigenvalue weighted by Crippen LogP contribution is 2.51. The Morgan fingerprint density at radius 1 is 1.07 bits per heavy atom. The smallest absolute Gasteiger partial charge is 0.488 e. The van der Waals surface area contributed by atoms with Crippen molar-refractivity contribution < 1.29 is 39.2 Å². The number of benzene rings is 3. The zero-order valence-corrected chi connectivity index (χ0v) is 25.4. The second-order valence-corrected chi connectivity index (χ2v) is 12.1. The van der Waals surface area contributed by atoms with Crippen LogP contribution in [0.15, 0.2) is 77.4 Å². The van der Waals surface area contributed by atoms with E-state index in [9.17, 15) is 29.8 Å². The number of ether oxygens (including phenoxy) is 1. The molecule has 0 spiro atoms. The summed E-state index contributed by atoms with van der Waals surface area (Å²) < 4.78 is 11.7. The van der Waals surface area contributed by atoms with Gasteiger partial charge in [0.05, 0.1) is 30.2 Å². The van der Waals surface area contributed by atoms with Crippen molar-refractivity contribution in [2.45, 2.75) is 45.0 Å². The predicted octanol–water partition coefficient (Wildman–Crippen LogP) is 3.45. The summed E-state index contributed by atoms with van der Waals surface area (Å²) in [5.74, 6) is -2.13. The van der Waals surface area contributed by atoms with Crippen LogP contribution < -0.4 is 10.4 Å². The Kier molecular flexibility index (Phi) is 8.99. The summed E-state index contributed by atoms with van der Waals surface area (Å²) in [4.78, 5) is 28.9. The number of phenolic OH excluding ortho intramolecular Hbond substituents is 1. The van der Waals surface area contributed by atoms with Gasteiger partial charge in [0.15, 0.2) is 0 Å². The van der Waals surface area contributed by atoms with Gasteiger partial charge in [-0.05, 0) is 83.7 Å². The number of methoxy groups -OCH3 is 1. The van der Waals surface area contributed by atoms with Crippen molar-refractivity contribution in [1.82, 2.24) is 0 Å². The normalized spacial score (nSPS) is 23.5. The summed E-state index contributed by atoms with van der Waals surface area (Å²) in [6.45, 7) is 2.38. The zero-order chi connectivity index (χ0) is 31.8. The largest absolute Gasteiger partial charge is 0.507 e. The first-order chi connectivity index (χ1) is 21.7. The number of allylic oxidation sites excluding steroid dienone is 1. The van der Waals surface area contributed by atoms with E-state index in [0.717, 1.165) is 38.8 Å². The van der Waals surface area contributed by atoms with E-state index in [4.69, 9.17) is 9.39 Å². The average molecular weight is 609 g/mol. The van der Waals surface area contributed by atoms with Crippen molar-refractivity contribution in [3.8, 4) is 5.75 Å². The molecular formula is C34H37B2NO8. The lowest BCUT2D eigenvalue weighted by molar-refractivity contribution is -0.122. The number of rotatable bonds is 9. The number of phenols is 1. The van der Waals surface area contributed by atoms with Gasteiger partial charge in [0.1, 0.15) is 5.75 Å². The van der Waals surface area contributed by atoms with E-state index >= 15 is 0 Å². The molecule has 4 atom stereocenters. The molecule has 2 fully saturated rings. The Morgan fingerprint density at radius 3 is 2.58 bits per heavy atom. The van der Waals surface area contributed by atoms with Gasteiger partial charge in [0.25, 0.3) is 0 Å². The highest BCUT2D eigenvalue weighted by molar-refractivity contribution is 6.58.